The maximum absolute atomic E-state index is 10.6. The van der Waals surface area contributed by atoms with E-state index in [0.29, 0.717) is 0 Å². The Morgan fingerprint density at radius 1 is 1.35 bits per heavy atom. The molecule has 2 rings (SSSR count). The van der Waals surface area contributed by atoms with E-state index in [2.05, 4.69) is 4.98 Å². The zero-order valence-electron chi connectivity index (χ0n) is 8.59. The first kappa shape index (κ1) is 11.9. The molecule has 0 fully saturated rings. The second-order valence-electron chi connectivity index (χ2n) is 3.67. The molecule has 0 aliphatic heterocycles. The smallest absolute Gasteiger partial charge is 0.335 e. The Bertz CT molecular complexity index is 566. The minimum atomic E-state index is -1.90. The summed E-state index contributed by atoms with van der Waals surface area (Å²) in [7, 11) is 0. The van der Waals surface area contributed by atoms with Crippen LogP contribution in [0, 0.1) is 0 Å². The monoisotopic (exact) mass is 255 g/mol. The number of halogens is 1. The number of rotatable bonds is 3. The number of aromatic nitrogens is 1. The SMILES string of the molecule is O=C(O)C(O)C(O)c1cc2cc[nH]c2cc1Cl. The number of benzene rings is 1. The van der Waals surface area contributed by atoms with Crippen LogP contribution in [0.5, 0.6) is 0 Å². The van der Waals surface area contributed by atoms with Gasteiger partial charge >= 0.3 is 5.97 Å². The lowest BCUT2D eigenvalue weighted by Gasteiger charge is -2.15. The molecule has 0 spiro atoms. The van der Waals surface area contributed by atoms with Crippen molar-refractivity contribution in [3.8, 4) is 0 Å². The van der Waals surface area contributed by atoms with Crippen molar-refractivity contribution in [1.82, 2.24) is 4.98 Å². The van der Waals surface area contributed by atoms with E-state index < -0.39 is 18.2 Å². The van der Waals surface area contributed by atoms with Crippen LogP contribution in [0.4, 0.5) is 0 Å². The summed E-state index contributed by atoms with van der Waals surface area (Å²) in [5.41, 5.74) is 0.962. The summed E-state index contributed by atoms with van der Waals surface area (Å²) in [4.78, 5) is 13.5. The van der Waals surface area contributed by atoms with E-state index in [9.17, 15) is 15.0 Å². The van der Waals surface area contributed by atoms with Gasteiger partial charge in [0.1, 0.15) is 6.10 Å². The van der Waals surface area contributed by atoms with Crippen LogP contribution in [0.15, 0.2) is 24.4 Å². The van der Waals surface area contributed by atoms with Crippen LogP contribution in [-0.2, 0) is 4.79 Å². The molecular formula is C11H10ClNO4. The first-order chi connectivity index (χ1) is 8.00. The van der Waals surface area contributed by atoms with E-state index in [1.54, 1.807) is 24.4 Å². The number of H-pyrrole nitrogens is 1. The maximum atomic E-state index is 10.6. The van der Waals surface area contributed by atoms with E-state index in [-0.39, 0.29) is 10.6 Å². The predicted octanol–water partition coefficient (Wildman–Crippen LogP) is 1.30. The average Bonchev–Trinajstić information content (AvgIpc) is 2.72. The molecule has 2 aromatic rings. The number of carbonyl (C=O) groups is 1. The third-order valence-corrected chi connectivity index (χ3v) is 2.87. The van der Waals surface area contributed by atoms with Crippen molar-refractivity contribution in [3.63, 3.8) is 0 Å². The second kappa shape index (κ2) is 4.37. The lowest BCUT2D eigenvalue weighted by molar-refractivity contribution is -0.153. The summed E-state index contributed by atoms with van der Waals surface area (Å²) in [6, 6.07) is 4.88. The number of aromatic amines is 1. The number of carboxylic acids is 1. The average molecular weight is 256 g/mol. The molecule has 0 aliphatic carbocycles. The fraction of sp³-hybridized carbons (Fsp3) is 0.182. The summed E-state index contributed by atoms with van der Waals surface area (Å²) in [6.07, 6.45) is -1.76. The third kappa shape index (κ3) is 2.12. The van der Waals surface area contributed by atoms with E-state index in [0.717, 1.165) is 10.9 Å². The van der Waals surface area contributed by atoms with Gasteiger partial charge in [0.2, 0.25) is 0 Å². The first-order valence-electron chi connectivity index (χ1n) is 4.86. The van der Waals surface area contributed by atoms with Crippen LogP contribution in [0.2, 0.25) is 5.02 Å². The van der Waals surface area contributed by atoms with Crippen LogP contribution in [0.3, 0.4) is 0 Å². The molecule has 0 saturated heterocycles. The maximum Gasteiger partial charge on any atom is 0.335 e. The molecule has 17 heavy (non-hydrogen) atoms. The standard InChI is InChI=1S/C11H10ClNO4/c12-7-4-8-5(1-2-13-8)3-6(7)9(14)10(15)11(16)17/h1-4,9-10,13-15H,(H,16,17). The first-order valence-corrected chi connectivity index (χ1v) is 5.24. The number of hydrogen-bond acceptors (Lipinski definition) is 3. The molecule has 1 aromatic carbocycles. The van der Waals surface area contributed by atoms with Gasteiger partial charge in [0.05, 0.1) is 0 Å². The summed E-state index contributed by atoms with van der Waals surface area (Å²) < 4.78 is 0. The van der Waals surface area contributed by atoms with Gasteiger partial charge in [-0.05, 0) is 23.6 Å². The highest BCUT2D eigenvalue weighted by Crippen LogP contribution is 2.29. The van der Waals surface area contributed by atoms with Gasteiger partial charge in [-0.1, -0.05) is 11.6 Å². The predicted molar refractivity (Wildman–Crippen MR) is 61.9 cm³/mol. The molecule has 1 heterocycles. The summed E-state index contributed by atoms with van der Waals surface area (Å²) in [6.45, 7) is 0. The molecular weight excluding hydrogens is 246 g/mol. The molecule has 4 N–H and O–H groups in total. The van der Waals surface area contributed by atoms with Gasteiger partial charge in [0.25, 0.3) is 0 Å². The van der Waals surface area contributed by atoms with Gasteiger partial charge in [0.15, 0.2) is 6.10 Å². The molecule has 0 amide bonds. The van der Waals surface area contributed by atoms with Gasteiger partial charge in [-0.3, -0.25) is 0 Å². The van der Waals surface area contributed by atoms with E-state index >= 15 is 0 Å². The van der Waals surface area contributed by atoms with Gasteiger partial charge < -0.3 is 20.3 Å². The number of aliphatic hydroxyl groups is 2. The molecule has 90 valence electrons. The van der Waals surface area contributed by atoms with E-state index in [1.807, 2.05) is 0 Å². The van der Waals surface area contributed by atoms with Crippen molar-refractivity contribution in [2.24, 2.45) is 0 Å². The zero-order chi connectivity index (χ0) is 12.6. The molecule has 6 heteroatoms. The lowest BCUT2D eigenvalue weighted by atomic mass is 10.0. The highest BCUT2D eigenvalue weighted by Gasteiger charge is 2.27. The number of fused-ring (bicyclic) bond motifs is 1. The van der Waals surface area contributed by atoms with Crippen molar-refractivity contribution in [1.29, 1.82) is 0 Å². The Hall–Kier alpha value is -1.56. The van der Waals surface area contributed by atoms with Crippen molar-refractivity contribution in [2.45, 2.75) is 12.2 Å². The van der Waals surface area contributed by atoms with Crippen LogP contribution in [-0.4, -0.2) is 32.4 Å². The van der Waals surface area contributed by atoms with Gasteiger partial charge in [-0.25, -0.2) is 4.79 Å². The Morgan fingerprint density at radius 3 is 2.71 bits per heavy atom. The van der Waals surface area contributed by atoms with Crippen LogP contribution in [0.25, 0.3) is 10.9 Å². The number of hydrogen-bond donors (Lipinski definition) is 4. The lowest BCUT2D eigenvalue weighted by Crippen LogP contribution is -2.27. The molecule has 0 aliphatic rings. The fourth-order valence-electron chi connectivity index (χ4n) is 1.62. The van der Waals surface area contributed by atoms with Crippen LogP contribution >= 0.6 is 11.6 Å². The van der Waals surface area contributed by atoms with Gasteiger partial charge in [0, 0.05) is 22.3 Å². The van der Waals surface area contributed by atoms with E-state index in [4.69, 9.17) is 16.7 Å². The Kier molecular flexibility index (Phi) is 3.06. The summed E-state index contributed by atoms with van der Waals surface area (Å²) >= 11 is 5.92. The molecule has 0 radical (unpaired) electrons. The highest BCUT2D eigenvalue weighted by atomic mass is 35.5. The van der Waals surface area contributed by atoms with E-state index in [1.165, 1.54) is 0 Å². The largest absolute Gasteiger partial charge is 0.479 e. The number of nitrogens with one attached hydrogen (secondary N) is 1. The van der Waals surface area contributed by atoms with Crippen molar-refractivity contribution >= 4 is 28.5 Å². The number of aliphatic hydroxyl groups excluding tert-OH is 2. The molecule has 2 atom stereocenters. The summed E-state index contributed by atoms with van der Waals surface area (Å²) in [5, 5.41) is 28.6. The van der Waals surface area contributed by atoms with Gasteiger partial charge in [-0.2, -0.15) is 0 Å². The molecule has 0 saturated carbocycles. The van der Waals surface area contributed by atoms with Crippen LogP contribution < -0.4 is 0 Å². The van der Waals surface area contributed by atoms with Crippen molar-refractivity contribution in [3.05, 3.63) is 35.0 Å². The molecule has 2 unspecified atom stereocenters. The topological polar surface area (TPSA) is 93.6 Å². The molecule has 1 aromatic heterocycles. The Balaban J connectivity index is 2.46. The molecule has 0 bridgehead atoms. The quantitative estimate of drug-likeness (QED) is 0.665. The normalized spacial score (nSPS) is 14.8. The number of carboxylic acid groups (broad SMARTS) is 1. The summed E-state index contributed by atoms with van der Waals surface area (Å²) in [5.74, 6) is -1.50. The highest BCUT2D eigenvalue weighted by molar-refractivity contribution is 6.32. The Morgan fingerprint density at radius 2 is 2.06 bits per heavy atom. The second-order valence-corrected chi connectivity index (χ2v) is 4.07. The Labute approximate surface area is 101 Å². The number of aliphatic carboxylic acids is 1. The molecule has 5 nitrogen and oxygen atoms in total. The van der Waals surface area contributed by atoms with Gasteiger partial charge in [-0.15, -0.1) is 0 Å². The van der Waals surface area contributed by atoms with Crippen molar-refractivity contribution < 1.29 is 20.1 Å². The fourth-order valence-corrected chi connectivity index (χ4v) is 1.90. The zero-order valence-corrected chi connectivity index (χ0v) is 9.35. The third-order valence-electron chi connectivity index (χ3n) is 2.54. The minimum absolute atomic E-state index is 0.189. The van der Waals surface area contributed by atoms with Crippen molar-refractivity contribution in [2.75, 3.05) is 0 Å². The minimum Gasteiger partial charge on any atom is -0.479 e. The van der Waals surface area contributed by atoms with Crippen LogP contribution in [0.1, 0.15) is 11.7 Å².